The number of thiocarbonyl (C=S) groups is 1. The molecule has 1 aliphatic rings. The first-order valence-electron chi connectivity index (χ1n) is 11.8. The van der Waals surface area contributed by atoms with Crippen LogP contribution >= 0.6 is 24.0 Å². The molecule has 0 bridgehead atoms. The van der Waals surface area contributed by atoms with E-state index in [0.717, 1.165) is 22.2 Å². The lowest BCUT2D eigenvalue weighted by Gasteiger charge is -2.19. The highest BCUT2D eigenvalue weighted by atomic mass is 32.2. The van der Waals surface area contributed by atoms with Gasteiger partial charge in [-0.1, -0.05) is 72.5 Å². The fourth-order valence-corrected chi connectivity index (χ4v) is 4.93. The van der Waals surface area contributed by atoms with Crippen LogP contribution in [0.5, 0.6) is 17.2 Å². The molecule has 0 spiro atoms. The van der Waals surface area contributed by atoms with Crippen LogP contribution in [0.1, 0.15) is 29.7 Å². The molecular formula is C28H22F3NO6S2. The van der Waals surface area contributed by atoms with Gasteiger partial charge in [0.15, 0.2) is 11.5 Å². The maximum atomic E-state index is 12.7. The van der Waals surface area contributed by atoms with Gasteiger partial charge < -0.3 is 19.3 Å². The number of carbonyl (C=O) groups is 2. The van der Waals surface area contributed by atoms with Crippen LogP contribution in [0, 0.1) is 0 Å². The molecule has 1 aliphatic heterocycles. The third-order valence-corrected chi connectivity index (χ3v) is 6.93. The minimum atomic E-state index is -4.78. The molecule has 1 atom stereocenters. The van der Waals surface area contributed by atoms with Gasteiger partial charge in [-0.05, 0) is 54.0 Å². The van der Waals surface area contributed by atoms with E-state index in [-0.39, 0.29) is 27.7 Å². The van der Waals surface area contributed by atoms with Crippen LogP contribution in [0.15, 0.2) is 77.7 Å². The second-order valence-corrected chi connectivity index (χ2v) is 10.2. The van der Waals surface area contributed by atoms with Crippen LogP contribution in [0.2, 0.25) is 0 Å². The van der Waals surface area contributed by atoms with Crippen molar-refractivity contribution < 1.29 is 42.1 Å². The summed E-state index contributed by atoms with van der Waals surface area (Å²) in [6.45, 7) is 1.37. The minimum absolute atomic E-state index is 0.0373. The van der Waals surface area contributed by atoms with E-state index in [9.17, 15) is 22.8 Å². The van der Waals surface area contributed by atoms with Crippen LogP contribution < -0.4 is 14.2 Å². The molecule has 1 heterocycles. The zero-order valence-electron chi connectivity index (χ0n) is 20.9. The number of nitrogens with zero attached hydrogens (tertiary/aromatic N) is 1. The first-order valence-corrected chi connectivity index (χ1v) is 13.0. The van der Waals surface area contributed by atoms with Gasteiger partial charge >= 0.3 is 12.3 Å². The first-order chi connectivity index (χ1) is 19.0. The fraction of sp³-hybridized carbons (Fsp3) is 0.179. The summed E-state index contributed by atoms with van der Waals surface area (Å²) in [5.74, 6) is -1.28. The fourth-order valence-electron chi connectivity index (χ4n) is 3.68. The maximum absolute atomic E-state index is 12.7. The number of halogens is 3. The molecule has 3 aromatic carbocycles. The number of carbonyl (C=O) groups excluding carboxylic acids is 1. The number of carboxylic acid groups (broad SMARTS) is 1. The first kappa shape index (κ1) is 29.0. The summed E-state index contributed by atoms with van der Waals surface area (Å²) in [6, 6.07) is 19.8. The molecule has 0 aromatic heterocycles. The standard InChI is InChI=1S/C28H22F3NO6S2/c1-17(20-5-3-2-4-6-20)37-23-13-19(14-24-26(35)32(15-25(33)34)27(39)40-24)9-12-22(23)36-16-18-7-10-21(11-8-18)38-28(29,30)31/h2-14,17H,15-16H2,1H3,(H,33,34)/t17-/m1/s1. The molecular weight excluding hydrogens is 567 g/mol. The summed E-state index contributed by atoms with van der Waals surface area (Å²) in [5.41, 5.74) is 2.10. The maximum Gasteiger partial charge on any atom is 0.573 e. The largest absolute Gasteiger partial charge is 0.573 e. The number of ether oxygens (including phenoxy) is 3. The Bertz CT molecular complexity index is 1430. The van der Waals surface area contributed by atoms with Crippen molar-refractivity contribution in [3.63, 3.8) is 0 Å². The van der Waals surface area contributed by atoms with E-state index in [1.807, 2.05) is 37.3 Å². The van der Waals surface area contributed by atoms with Crippen molar-refractivity contribution in [1.29, 1.82) is 0 Å². The SMILES string of the molecule is C[C@@H](Oc1cc(C=C2SC(=S)N(CC(=O)O)C2=O)ccc1OCc1ccc(OC(F)(F)F)cc1)c1ccccc1. The number of hydrogen-bond acceptors (Lipinski definition) is 7. The van der Waals surface area contributed by atoms with Crippen molar-refractivity contribution in [2.24, 2.45) is 0 Å². The van der Waals surface area contributed by atoms with E-state index >= 15 is 0 Å². The van der Waals surface area contributed by atoms with Crippen molar-refractivity contribution in [2.75, 3.05) is 6.54 Å². The van der Waals surface area contributed by atoms with Crippen molar-refractivity contribution in [1.82, 2.24) is 4.90 Å². The second kappa shape index (κ2) is 12.4. The molecule has 12 heteroatoms. The molecule has 0 radical (unpaired) electrons. The lowest BCUT2D eigenvalue weighted by atomic mass is 10.1. The van der Waals surface area contributed by atoms with Gasteiger partial charge in [-0.3, -0.25) is 14.5 Å². The molecule has 0 aliphatic carbocycles. The number of amides is 1. The highest BCUT2D eigenvalue weighted by molar-refractivity contribution is 8.26. The summed E-state index contributed by atoms with van der Waals surface area (Å²) in [7, 11) is 0. The van der Waals surface area contributed by atoms with Crippen LogP contribution in [0.25, 0.3) is 6.08 Å². The molecule has 1 N–H and O–H groups in total. The number of alkyl halides is 3. The topological polar surface area (TPSA) is 85.3 Å². The van der Waals surface area contributed by atoms with Crippen LogP contribution in [0.4, 0.5) is 13.2 Å². The molecule has 1 amide bonds. The normalized spacial score (nSPS) is 15.3. The molecule has 0 unspecified atom stereocenters. The smallest absolute Gasteiger partial charge is 0.485 e. The molecule has 7 nitrogen and oxygen atoms in total. The van der Waals surface area contributed by atoms with E-state index in [2.05, 4.69) is 4.74 Å². The number of rotatable bonds is 10. The van der Waals surface area contributed by atoms with Crippen LogP contribution in [-0.2, 0) is 16.2 Å². The summed E-state index contributed by atoms with van der Waals surface area (Å²) >= 11 is 6.16. The van der Waals surface area contributed by atoms with Gasteiger partial charge in [-0.25, -0.2) is 0 Å². The summed E-state index contributed by atoms with van der Waals surface area (Å²) < 4.78 is 53.5. The molecule has 1 fully saturated rings. The van der Waals surface area contributed by atoms with Crippen molar-refractivity contribution in [3.05, 3.63) is 94.4 Å². The zero-order chi connectivity index (χ0) is 28.9. The van der Waals surface area contributed by atoms with E-state index < -0.39 is 24.8 Å². The van der Waals surface area contributed by atoms with E-state index in [0.29, 0.717) is 22.6 Å². The monoisotopic (exact) mass is 589 g/mol. The predicted octanol–water partition coefficient (Wildman–Crippen LogP) is 6.59. The Hall–Kier alpha value is -4.03. The number of thioether (sulfide) groups is 1. The Balaban J connectivity index is 1.56. The van der Waals surface area contributed by atoms with Crippen molar-refractivity contribution >= 4 is 46.3 Å². The molecule has 4 rings (SSSR count). The van der Waals surface area contributed by atoms with Gasteiger partial charge in [0.2, 0.25) is 0 Å². The quantitative estimate of drug-likeness (QED) is 0.210. The Morgan fingerprint density at radius 3 is 2.42 bits per heavy atom. The van der Waals surface area contributed by atoms with Crippen LogP contribution in [0.3, 0.4) is 0 Å². The van der Waals surface area contributed by atoms with E-state index in [4.69, 9.17) is 26.8 Å². The van der Waals surface area contributed by atoms with E-state index in [1.54, 1.807) is 24.3 Å². The zero-order valence-corrected chi connectivity index (χ0v) is 22.5. The summed E-state index contributed by atoms with van der Waals surface area (Å²) in [5, 5.41) is 9.06. The van der Waals surface area contributed by atoms with Gasteiger partial charge in [-0.2, -0.15) is 0 Å². The summed E-state index contributed by atoms with van der Waals surface area (Å²) in [4.78, 5) is 25.1. The molecule has 3 aromatic rings. The molecule has 1 saturated heterocycles. The van der Waals surface area contributed by atoms with Gasteiger partial charge in [0, 0.05) is 0 Å². The predicted molar refractivity (Wildman–Crippen MR) is 147 cm³/mol. The number of carboxylic acids is 1. The number of hydrogen-bond donors (Lipinski definition) is 1. The lowest BCUT2D eigenvalue weighted by Crippen LogP contribution is -2.33. The van der Waals surface area contributed by atoms with Gasteiger partial charge in [0.1, 0.15) is 29.3 Å². The highest BCUT2D eigenvalue weighted by Crippen LogP contribution is 2.37. The molecule has 0 saturated carbocycles. The Morgan fingerprint density at radius 1 is 1.07 bits per heavy atom. The Kier molecular flexibility index (Phi) is 9.00. The highest BCUT2D eigenvalue weighted by Gasteiger charge is 2.33. The van der Waals surface area contributed by atoms with Crippen molar-refractivity contribution in [2.45, 2.75) is 26.0 Å². The van der Waals surface area contributed by atoms with Crippen molar-refractivity contribution in [3.8, 4) is 17.2 Å². The average molecular weight is 590 g/mol. The van der Waals surface area contributed by atoms with Gasteiger partial charge in [0.25, 0.3) is 5.91 Å². The van der Waals surface area contributed by atoms with E-state index in [1.165, 1.54) is 24.3 Å². The molecule has 40 heavy (non-hydrogen) atoms. The lowest BCUT2D eigenvalue weighted by molar-refractivity contribution is -0.274. The number of benzene rings is 3. The third-order valence-electron chi connectivity index (χ3n) is 5.56. The van der Waals surface area contributed by atoms with Crippen LogP contribution in [-0.4, -0.2) is 39.1 Å². The molecule has 208 valence electrons. The Morgan fingerprint density at radius 2 is 1.77 bits per heavy atom. The third kappa shape index (κ3) is 7.76. The average Bonchev–Trinajstić information content (AvgIpc) is 3.15. The number of aliphatic carboxylic acids is 1. The summed E-state index contributed by atoms with van der Waals surface area (Å²) in [6.07, 6.45) is -3.56. The van der Waals surface area contributed by atoms with Gasteiger partial charge in [0.05, 0.1) is 4.91 Å². The van der Waals surface area contributed by atoms with Gasteiger partial charge in [-0.15, -0.1) is 13.2 Å². The minimum Gasteiger partial charge on any atom is -0.485 e. The Labute approximate surface area is 237 Å². The second-order valence-electron chi connectivity index (χ2n) is 8.52.